The molecule has 1 heteroatoms. The van der Waals surface area contributed by atoms with E-state index in [1.807, 2.05) is 30.5 Å². The number of rotatable bonds is 1. The third-order valence-corrected chi connectivity index (χ3v) is 1.81. The van der Waals surface area contributed by atoms with Crippen LogP contribution in [-0.4, -0.2) is 0 Å². The third kappa shape index (κ3) is 1.64. The van der Waals surface area contributed by atoms with Crippen molar-refractivity contribution in [3.8, 4) is 0 Å². The van der Waals surface area contributed by atoms with Crippen molar-refractivity contribution in [3.05, 3.63) is 41.3 Å². The number of allylic oxidation sites excluding steroid dienone is 1. The van der Waals surface area contributed by atoms with Gasteiger partial charge in [-0.1, -0.05) is 30.3 Å². The fourth-order valence-electron chi connectivity index (χ4n) is 0.776. The molecule has 0 aliphatic heterocycles. The van der Waals surface area contributed by atoms with Crippen LogP contribution in [0.2, 0.25) is 0 Å². The van der Waals surface area contributed by atoms with Crippen molar-refractivity contribution in [2.24, 2.45) is 0 Å². The molecule has 0 aromatic heterocycles. The van der Waals surface area contributed by atoms with Crippen molar-refractivity contribution >= 4 is 18.2 Å². The third-order valence-electron chi connectivity index (χ3n) is 1.42. The lowest BCUT2D eigenvalue weighted by Crippen LogP contribution is -1.74. The lowest BCUT2D eigenvalue weighted by molar-refractivity contribution is 1.58. The summed E-state index contributed by atoms with van der Waals surface area (Å²) in [6.45, 7) is 2.04. The molecule has 0 spiro atoms. The molecule has 1 rings (SSSR count). The molecule has 1 aromatic carbocycles. The number of hydrogen-bond donors (Lipinski definition) is 1. The molecule has 0 aliphatic carbocycles. The van der Waals surface area contributed by atoms with Crippen LogP contribution in [-0.2, 0) is 0 Å². The average molecular weight is 150 g/mol. The zero-order valence-electron chi connectivity index (χ0n) is 5.91. The van der Waals surface area contributed by atoms with Crippen LogP contribution in [0.4, 0.5) is 0 Å². The Hall–Kier alpha value is -0.690. The standard InChI is InChI=1S/C9H10S/c1-8(7-10)9-5-3-2-4-6-9/h2-7,10H,1H3. The highest BCUT2D eigenvalue weighted by molar-refractivity contribution is 7.83. The summed E-state index contributed by atoms with van der Waals surface area (Å²) in [6, 6.07) is 10.2. The first-order valence-corrected chi connectivity index (χ1v) is 3.72. The molecule has 0 nitrogen and oxygen atoms in total. The Labute approximate surface area is 67.0 Å². The highest BCUT2D eigenvalue weighted by Gasteiger charge is 1.89. The Kier molecular flexibility index (Phi) is 2.57. The van der Waals surface area contributed by atoms with Gasteiger partial charge >= 0.3 is 0 Å². The largest absolute Gasteiger partial charge is 0.151 e. The van der Waals surface area contributed by atoms with Crippen molar-refractivity contribution in [2.75, 3.05) is 0 Å². The normalized spacial score (nSPS) is 11.6. The Bertz CT molecular complexity index is 224. The molecule has 1 aromatic rings. The first-order valence-electron chi connectivity index (χ1n) is 3.21. The van der Waals surface area contributed by atoms with Crippen LogP contribution in [0.3, 0.4) is 0 Å². The maximum Gasteiger partial charge on any atom is -0.0222 e. The Morgan fingerprint density at radius 1 is 1.30 bits per heavy atom. The molecule has 0 unspecified atom stereocenters. The monoisotopic (exact) mass is 150 g/mol. The van der Waals surface area contributed by atoms with E-state index in [-0.39, 0.29) is 0 Å². The summed E-state index contributed by atoms with van der Waals surface area (Å²) in [5, 5.41) is 1.81. The molecule has 0 saturated heterocycles. The number of hydrogen-bond acceptors (Lipinski definition) is 1. The van der Waals surface area contributed by atoms with E-state index in [2.05, 4.69) is 24.8 Å². The van der Waals surface area contributed by atoms with Crippen LogP contribution in [0.5, 0.6) is 0 Å². The molecule has 0 saturated carbocycles. The van der Waals surface area contributed by atoms with E-state index in [1.165, 1.54) is 11.1 Å². The van der Waals surface area contributed by atoms with Crippen LogP contribution >= 0.6 is 12.6 Å². The predicted octanol–water partition coefficient (Wildman–Crippen LogP) is 2.98. The van der Waals surface area contributed by atoms with Crippen LogP contribution < -0.4 is 0 Å². The van der Waals surface area contributed by atoms with Crippen LogP contribution in [0, 0.1) is 0 Å². The second-order valence-corrected chi connectivity index (χ2v) is 2.44. The fraction of sp³-hybridized carbons (Fsp3) is 0.111. The minimum absolute atomic E-state index is 1.20. The zero-order chi connectivity index (χ0) is 7.40. The first-order chi connectivity index (χ1) is 4.84. The quantitative estimate of drug-likeness (QED) is 0.584. The second-order valence-electron chi connectivity index (χ2n) is 2.18. The zero-order valence-corrected chi connectivity index (χ0v) is 6.81. The topological polar surface area (TPSA) is 0 Å². The summed E-state index contributed by atoms with van der Waals surface area (Å²) in [6.07, 6.45) is 0. The van der Waals surface area contributed by atoms with Gasteiger partial charge in [0.2, 0.25) is 0 Å². The van der Waals surface area contributed by atoms with Crippen LogP contribution in [0.1, 0.15) is 12.5 Å². The van der Waals surface area contributed by atoms with E-state index in [1.54, 1.807) is 0 Å². The van der Waals surface area contributed by atoms with Gasteiger partial charge in [0.1, 0.15) is 0 Å². The van der Waals surface area contributed by atoms with Gasteiger partial charge < -0.3 is 0 Å². The van der Waals surface area contributed by atoms with E-state index in [9.17, 15) is 0 Å². The molecule has 0 fully saturated rings. The fourth-order valence-corrected chi connectivity index (χ4v) is 0.925. The second kappa shape index (κ2) is 3.47. The lowest BCUT2D eigenvalue weighted by Gasteiger charge is -1.96. The van der Waals surface area contributed by atoms with Crippen LogP contribution in [0.15, 0.2) is 35.7 Å². The summed E-state index contributed by atoms with van der Waals surface area (Å²) in [5.74, 6) is 0. The first kappa shape index (κ1) is 7.42. The summed E-state index contributed by atoms with van der Waals surface area (Å²) < 4.78 is 0. The summed E-state index contributed by atoms with van der Waals surface area (Å²) in [7, 11) is 0. The Balaban J connectivity index is 2.96. The van der Waals surface area contributed by atoms with E-state index in [0.717, 1.165) is 0 Å². The van der Waals surface area contributed by atoms with Crippen molar-refractivity contribution < 1.29 is 0 Å². The summed E-state index contributed by atoms with van der Waals surface area (Å²) in [5.41, 5.74) is 2.43. The molecule has 52 valence electrons. The molecule has 10 heavy (non-hydrogen) atoms. The molecule has 0 atom stereocenters. The molecule has 0 aliphatic rings. The highest BCUT2D eigenvalue weighted by atomic mass is 32.1. The summed E-state index contributed by atoms with van der Waals surface area (Å²) in [4.78, 5) is 0. The average Bonchev–Trinajstić information content (AvgIpc) is 2.05. The Morgan fingerprint density at radius 3 is 2.40 bits per heavy atom. The lowest BCUT2D eigenvalue weighted by atomic mass is 10.1. The smallest absolute Gasteiger partial charge is 0.0222 e. The van der Waals surface area contributed by atoms with Gasteiger partial charge in [-0.15, -0.1) is 0 Å². The van der Waals surface area contributed by atoms with Crippen LogP contribution in [0.25, 0.3) is 5.57 Å². The minimum Gasteiger partial charge on any atom is -0.151 e. The van der Waals surface area contributed by atoms with E-state index in [0.29, 0.717) is 0 Å². The van der Waals surface area contributed by atoms with Crippen molar-refractivity contribution in [1.29, 1.82) is 0 Å². The van der Waals surface area contributed by atoms with E-state index in [4.69, 9.17) is 0 Å². The SMILES string of the molecule is CC(=CS)c1ccccc1. The number of thiol groups is 1. The predicted molar refractivity (Wildman–Crippen MR) is 49.1 cm³/mol. The van der Waals surface area contributed by atoms with Gasteiger partial charge in [0.15, 0.2) is 0 Å². The number of benzene rings is 1. The van der Waals surface area contributed by atoms with Gasteiger partial charge in [-0.25, -0.2) is 0 Å². The molecular formula is C9H10S. The van der Waals surface area contributed by atoms with Gasteiger partial charge in [0, 0.05) is 0 Å². The highest BCUT2D eigenvalue weighted by Crippen LogP contribution is 2.12. The maximum absolute atomic E-state index is 4.06. The molecule has 0 N–H and O–H groups in total. The van der Waals surface area contributed by atoms with Gasteiger partial charge in [0.25, 0.3) is 0 Å². The van der Waals surface area contributed by atoms with Crippen molar-refractivity contribution in [1.82, 2.24) is 0 Å². The maximum atomic E-state index is 4.06. The van der Waals surface area contributed by atoms with Gasteiger partial charge in [0.05, 0.1) is 0 Å². The van der Waals surface area contributed by atoms with Gasteiger partial charge in [-0.3, -0.25) is 0 Å². The molecule has 0 heterocycles. The van der Waals surface area contributed by atoms with Gasteiger partial charge in [-0.2, -0.15) is 12.6 Å². The van der Waals surface area contributed by atoms with Crippen molar-refractivity contribution in [2.45, 2.75) is 6.92 Å². The van der Waals surface area contributed by atoms with E-state index >= 15 is 0 Å². The van der Waals surface area contributed by atoms with Gasteiger partial charge in [-0.05, 0) is 23.5 Å². The Morgan fingerprint density at radius 2 is 1.90 bits per heavy atom. The molecular weight excluding hydrogens is 140 g/mol. The van der Waals surface area contributed by atoms with E-state index < -0.39 is 0 Å². The molecule has 0 bridgehead atoms. The van der Waals surface area contributed by atoms with Crippen molar-refractivity contribution in [3.63, 3.8) is 0 Å². The minimum atomic E-state index is 1.20. The molecule has 0 amide bonds. The summed E-state index contributed by atoms with van der Waals surface area (Å²) >= 11 is 4.06. The molecule has 0 radical (unpaired) electrons.